The zero-order valence-corrected chi connectivity index (χ0v) is 16.8. The van der Waals surface area contributed by atoms with Gasteiger partial charge in [0, 0.05) is 30.8 Å². The average Bonchev–Trinajstić information content (AvgIpc) is 3.28. The molecule has 30 heavy (non-hydrogen) atoms. The van der Waals surface area contributed by atoms with Gasteiger partial charge in [-0.15, -0.1) is 0 Å². The molecule has 1 amide bonds. The van der Waals surface area contributed by atoms with Crippen molar-refractivity contribution < 1.29 is 18.7 Å². The molecule has 6 heteroatoms. The molecule has 0 aliphatic carbocycles. The van der Waals surface area contributed by atoms with Crippen molar-refractivity contribution in [1.82, 2.24) is 0 Å². The lowest BCUT2D eigenvalue weighted by atomic mass is 10.2. The van der Waals surface area contributed by atoms with Crippen LogP contribution in [0.15, 0.2) is 71.2 Å². The number of ether oxygens (including phenoxy) is 2. The van der Waals surface area contributed by atoms with Crippen molar-refractivity contribution in [2.24, 2.45) is 0 Å². The maximum atomic E-state index is 12.6. The molecule has 6 nitrogen and oxygen atoms in total. The van der Waals surface area contributed by atoms with Crippen molar-refractivity contribution in [3.05, 3.63) is 72.5 Å². The van der Waals surface area contributed by atoms with Crippen LogP contribution in [-0.2, 0) is 9.53 Å². The molecule has 154 valence electrons. The first-order valence-electron chi connectivity index (χ1n) is 9.88. The minimum atomic E-state index is -0.240. The van der Waals surface area contributed by atoms with Crippen molar-refractivity contribution in [1.29, 1.82) is 0 Å². The first kappa shape index (κ1) is 19.8. The summed E-state index contributed by atoms with van der Waals surface area (Å²) in [7, 11) is 1.61. The topological polar surface area (TPSA) is 63.9 Å². The van der Waals surface area contributed by atoms with Gasteiger partial charge in [0.2, 0.25) is 5.91 Å². The number of carbonyl (C=O) groups excluding carboxylic acids is 1. The average molecular weight is 404 g/mol. The van der Waals surface area contributed by atoms with E-state index in [1.165, 1.54) is 6.08 Å². The third kappa shape index (κ3) is 4.72. The number of morpholine rings is 1. The SMILES string of the molecule is COc1ccc(N2CCOCC2)c(NC(=O)/C=C/c2ccc(-c3ccccc3)o2)c1. The normalized spacial score (nSPS) is 14.1. The van der Waals surface area contributed by atoms with E-state index in [9.17, 15) is 4.79 Å². The molecule has 0 radical (unpaired) electrons. The number of carbonyl (C=O) groups is 1. The van der Waals surface area contributed by atoms with E-state index < -0.39 is 0 Å². The van der Waals surface area contributed by atoms with Gasteiger partial charge >= 0.3 is 0 Å². The van der Waals surface area contributed by atoms with Crippen molar-refractivity contribution in [3.63, 3.8) is 0 Å². The fraction of sp³-hybridized carbons (Fsp3) is 0.208. The van der Waals surface area contributed by atoms with Crippen molar-refractivity contribution in [2.45, 2.75) is 0 Å². The van der Waals surface area contributed by atoms with Crippen LogP contribution >= 0.6 is 0 Å². The van der Waals surface area contributed by atoms with Gasteiger partial charge in [0.1, 0.15) is 17.3 Å². The Hall–Kier alpha value is -3.51. The van der Waals surface area contributed by atoms with Gasteiger partial charge < -0.3 is 24.1 Å². The van der Waals surface area contributed by atoms with Gasteiger partial charge in [-0.1, -0.05) is 30.3 Å². The van der Waals surface area contributed by atoms with E-state index in [0.717, 1.165) is 30.1 Å². The first-order valence-corrected chi connectivity index (χ1v) is 9.88. The quantitative estimate of drug-likeness (QED) is 0.615. The summed E-state index contributed by atoms with van der Waals surface area (Å²) in [5.74, 6) is 1.82. The number of furan rings is 1. The van der Waals surface area contributed by atoms with Crippen LogP contribution < -0.4 is 15.0 Å². The second-order valence-corrected chi connectivity index (χ2v) is 6.87. The Morgan fingerprint density at radius 1 is 1.07 bits per heavy atom. The van der Waals surface area contributed by atoms with Gasteiger partial charge in [0.05, 0.1) is 31.7 Å². The third-order valence-electron chi connectivity index (χ3n) is 4.90. The second-order valence-electron chi connectivity index (χ2n) is 6.87. The maximum absolute atomic E-state index is 12.6. The summed E-state index contributed by atoms with van der Waals surface area (Å²) >= 11 is 0. The number of nitrogens with one attached hydrogen (secondary N) is 1. The summed E-state index contributed by atoms with van der Waals surface area (Å²) in [4.78, 5) is 14.8. The van der Waals surface area contributed by atoms with Crippen molar-refractivity contribution >= 4 is 23.4 Å². The Bertz CT molecular complexity index is 1020. The van der Waals surface area contributed by atoms with Crippen LogP contribution in [0.25, 0.3) is 17.4 Å². The molecule has 2 aromatic carbocycles. The fourth-order valence-corrected chi connectivity index (χ4v) is 3.35. The predicted molar refractivity (Wildman–Crippen MR) is 118 cm³/mol. The third-order valence-corrected chi connectivity index (χ3v) is 4.90. The van der Waals surface area contributed by atoms with E-state index in [1.54, 1.807) is 13.2 Å². The molecule has 0 atom stereocenters. The van der Waals surface area contributed by atoms with Gasteiger partial charge in [-0.2, -0.15) is 0 Å². The van der Waals surface area contributed by atoms with Crippen LogP contribution in [0, 0.1) is 0 Å². The molecule has 1 aliphatic heterocycles. The minimum Gasteiger partial charge on any atom is -0.497 e. The Morgan fingerprint density at radius 3 is 2.63 bits per heavy atom. The molecular weight excluding hydrogens is 380 g/mol. The number of hydrogen-bond acceptors (Lipinski definition) is 5. The zero-order chi connectivity index (χ0) is 20.8. The minimum absolute atomic E-state index is 0.240. The number of anilines is 2. The lowest BCUT2D eigenvalue weighted by Gasteiger charge is -2.30. The van der Waals surface area contributed by atoms with Crippen LogP contribution in [0.2, 0.25) is 0 Å². The number of rotatable bonds is 6. The fourth-order valence-electron chi connectivity index (χ4n) is 3.35. The van der Waals surface area contributed by atoms with Gasteiger partial charge in [0.15, 0.2) is 0 Å². The van der Waals surface area contributed by atoms with Gasteiger partial charge in [-0.3, -0.25) is 4.79 Å². The van der Waals surface area contributed by atoms with Crippen LogP contribution in [0.4, 0.5) is 11.4 Å². The summed E-state index contributed by atoms with van der Waals surface area (Å²) < 4.78 is 16.6. The highest BCUT2D eigenvalue weighted by Gasteiger charge is 2.16. The van der Waals surface area contributed by atoms with Crippen molar-refractivity contribution in [3.8, 4) is 17.1 Å². The van der Waals surface area contributed by atoms with Gasteiger partial charge in [0.25, 0.3) is 0 Å². The number of nitrogens with zero attached hydrogens (tertiary/aromatic N) is 1. The van der Waals surface area contributed by atoms with Crippen LogP contribution in [-0.4, -0.2) is 39.3 Å². The molecule has 0 bridgehead atoms. The molecule has 4 rings (SSSR count). The second kappa shape index (κ2) is 9.33. The molecule has 3 aromatic rings. The van der Waals surface area contributed by atoms with Crippen LogP contribution in [0.3, 0.4) is 0 Å². The molecule has 0 saturated carbocycles. The maximum Gasteiger partial charge on any atom is 0.248 e. The van der Waals surface area contributed by atoms with Crippen LogP contribution in [0.1, 0.15) is 5.76 Å². The highest BCUT2D eigenvalue weighted by atomic mass is 16.5. The Morgan fingerprint density at radius 2 is 1.87 bits per heavy atom. The monoisotopic (exact) mass is 404 g/mol. The molecule has 1 aliphatic rings. The lowest BCUT2D eigenvalue weighted by Crippen LogP contribution is -2.36. The molecule has 0 spiro atoms. The highest BCUT2D eigenvalue weighted by Crippen LogP contribution is 2.31. The number of methoxy groups -OCH3 is 1. The molecular formula is C24H24N2O4. The van der Waals surface area contributed by atoms with Gasteiger partial charge in [-0.05, 0) is 30.3 Å². The summed E-state index contributed by atoms with van der Waals surface area (Å²) in [5.41, 5.74) is 2.65. The summed E-state index contributed by atoms with van der Waals surface area (Å²) in [6, 6.07) is 19.3. The summed E-state index contributed by atoms with van der Waals surface area (Å²) in [6.45, 7) is 2.89. The zero-order valence-electron chi connectivity index (χ0n) is 16.8. The summed E-state index contributed by atoms with van der Waals surface area (Å²) in [5, 5.41) is 2.96. The lowest BCUT2D eigenvalue weighted by molar-refractivity contribution is -0.111. The van der Waals surface area contributed by atoms with E-state index >= 15 is 0 Å². The molecule has 1 saturated heterocycles. The van der Waals surface area contributed by atoms with Crippen molar-refractivity contribution in [2.75, 3.05) is 43.6 Å². The number of hydrogen-bond donors (Lipinski definition) is 1. The van der Waals surface area contributed by atoms with Gasteiger partial charge in [-0.25, -0.2) is 0 Å². The summed E-state index contributed by atoms with van der Waals surface area (Å²) in [6.07, 6.45) is 3.13. The number of benzene rings is 2. The standard InChI is InChI=1S/C24H24N2O4/c1-28-20-7-10-22(26-13-15-29-16-14-26)21(17-20)25-24(27)12-9-19-8-11-23(30-19)18-5-3-2-4-6-18/h2-12,17H,13-16H2,1H3,(H,25,27)/b12-9+. The van der Waals surface area contributed by atoms with E-state index in [4.69, 9.17) is 13.9 Å². The molecule has 0 unspecified atom stereocenters. The largest absolute Gasteiger partial charge is 0.497 e. The molecule has 1 fully saturated rings. The van der Waals surface area contributed by atoms with E-state index in [0.29, 0.717) is 30.4 Å². The number of amides is 1. The highest BCUT2D eigenvalue weighted by molar-refractivity contribution is 6.03. The van der Waals surface area contributed by atoms with E-state index in [2.05, 4.69) is 10.2 Å². The molecule has 1 N–H and O–H groups in total. The smallest absolute Gasteiger partial charge is 0.248 e. The van der Waals surface area contributed by atoms with Crippen LogP contribution in [0.5, 0.6) is 5.75 Å². The Balaban J connectivity index is 1.48. The molecule has 2 heterocycles. The first-order chi connectivity index (χ1) is 14.7. The Labute approximate surface area is 175 Å². The van der Waals surface area contributed by atoms with E-state index in [1.807, 2.05) is 60.7 Å². The molecule has 1 aromatic heterocycles. The Kier molecular flexibility index (Phi) is 6.15. The predicted octanol–water partition coefficient (Wildman–Crippen LogP) is 4.44. The van der Waals surface area contributed by atoms with E-state index in [-0.39, 0.29) is 5.91 Å².